The Bertz CT molecular complexity index is 656. The van der Waals surface area contributed by atoms with Crippen LogP contribution in [0.4, 0.5) is 0 Å². The van der Waals surface area contributed by atoms with Crippen LogP contribution < -0.4 is 5.73 Å². The van der Waals surface area contributed by atoms with Crippen molar-refractivity contribution in [1.82, 2.24) is 4.90 Å². The molecule has 2 amide bonds. The van der Waals surface area contributed by atoms with Crippen LogP contribution in [0, 0.1) is 11.8 Å². The summed E-state index contributed by atoms with van der Waals surface area (Å²) in [6, 6.07) is 0.564. The molecule has 2 bridgehead atoms. The summed E-state index contributed by atoms with van der Waals surface area (Å²) in [5.74, 6) is -1.26. The Kier molecular flexibility index (Phi) is 6.67. The van der Waals surface area contributed by atoms with Gasteiger partial charge in [-0.2, -0.15) is 0 Å². The summed E-state index contributed by atoms with van der Waals surface area (Å²) in [6.07, 6.45) is 4.98. The van der Waals surface area contributed by atoms with E-state index in [1.54, 1.807) is 0 Å². The molecule has 164 valence electrons. The molecule has 0 aliphatic carbocycles. The van der Waals surface area contributed by atoms with Gasteiger partial charge in [-0.3, -0.25) is 14.5 Å². The molecule has 3 heterocycles. The minimum Gasteiger partial charge on any atom is -0.374 e. The molecule has 0 aromatic rings. The normalized spacial score (nSPS) is 33.2. The van der Waals surface area contributed by atoms with Crippen molar-refractivity contribution in [2.75, 3.05) is 32.9 Å². The first kappa shape index (κ1) is 22.6. The fourth-order valence-corrected chi connectivity index (χ4v) is 7.70. The van der Waals surface area contributed by atoms with Gasteiger partial charge in [-0.1, -0.05) is 12.2 Å². The first-order chi connectivity index (χ1) is 13.8. The van der Waals surface area contributed by atoms with E-state index >= 15 is 0 Å². The molecular formula is C20H34N2O6Si. The molecule has 0 spiro atoms. The lowest BCUT2D eigenvalue weighted by Crippen LogP contribution is -2.47. The average Bonchev–Trinajstić information content (AvgIpc) is 3.23. The van der Waals surface area contributed by atoms with Gasteiger partial charge in [-0.15, -0.1) is 0 Å². The fourth-order valence-electron chi connectivity index (χ4n) is 5.11. The number of imide groups is 1. The quantitative estimate of drug-likeness (QED) is 0.286. The molecule has 2 fully saturated rings. The number of rotatable bonds is 12. The topological polar surface area (TPSA) is 100 Å². The molecule has 4 atom stereocenters. The highest BCUT2D eigenvalue weighted by Crippen LogP contribution is 2.58. The number of ether oxygens (including phenoxy) is 1. The molecule has 0 aromatic heterocycles. The number of amides is 2. The lowest BCUT2D eigenvalue weighted by atomic mass is 9.71. The number of carbonyl (C=O) groups is 2. The van der Waals surface area contributed by atoms with Gasteiger partial charge in [-0.05, 0) is 47.1 Å². The Morgan fingerprint density at radius 3 is 2.21 bits per heavy atom. The van der Waals surface area contributed by atoms with Crippen molar-refractivity contribution in [2.45, 2.75) is 57.8 Å². The highest BCUT2D eigenvalue weighted by Gasteiger charge is 2.71. The van der Waals surface area contributed by atoms with E-state index in [-0.39, 0.29) is 11.8 Å². The van der Waals surface area contributed by atoms with E-state index in [1.807, 2.05) is 39.8 Å². The van der Waals surface area contributed by atoms with Gasteiger partial charge < -0.3 is 23.7 Å². The monoisotopic (exact) mass is 426 g/mol. The van der Waals surface area contributed by atoms with Gasteiger partial charge in [0.25, 0.3) is 0 Å². The first-order valence-corrected chi connectivity index (χ1v) is 12.6. The molecule has 2 N–H and O–H groups in total. The van der Waals surface area contributed by atoms with Crippen LogP contribution in [0.1, 0.15) is 40.5 Å². The van der Waals surface area contributed by atoms with Crippen LogP contribution in [-0.2, 0) is 27.6 Å². The Morgan fingerprint density at radius 1 is 1.07 bits per heavy atom. The van der Waals surface area contributed by atoms with Gasteiger partial charge >= 0.3 is 8.80 Å². The number of likely N-dealkylation sites (tertiary alicyclic amines) is 1. The molecule has 2 saturated heterocycles. The molecule has 3 rings (SSSR count). The van der Waals surface area contributed by atoms with E-state index in [4.69, 9.17) is 23.7 Å². The van der Waals surface area contributed by atoms with E-state index in [0.29, 0.717) is 51.8 Å². The Labute approximate surface area is 174 Å². The number of hydrogen-bond acceptors (Lipinski definition) is 7. The van der Waals surface area contributed by atoms with Crippen LogP contribution in [0.3, 0.4) is 0 Å². The minimum absolute atomic E-state index is 0.151. The lowest BCUT2D eigenvalue weighted by Gasteiger charge is -2.30. The maximum Gasteiger partial charge on any atom is 0.500 e. The Hall–Kier alpha value is -1.10. The molecule has 29 heavy (non-hydrogen) atoms. The van der Waals surface area contributed by atoms with E-state index in [0.717, 1.165) is 0 Å². The van der Waals surface area contributed by atoms with E-state index in [2.05, 4.69) is 0 Å². The zero-order chi connectivity index (χ0) is 21.3. The number of hydrogen-bond donors (Lipinski definition) is 1. The number of carbonyl (C=O) groups excluding carboxylic acids is 2. The second kappa shape index (κ2) is 8.56. The molecule has 8 nitrogen and oxygen atoms in total. The van der Waals surface area contributed by atoms with E-state index in [9.17, 15) is 9.59 Å². The molecule has 0 radical (unpaired) electrons. The summed E-state index contributed by atoms with van der Waals surface area (Å²) in [6.45, 7) is 9.86. The standard InChI is InChI=1S/C20H34N2O6Si/c1-5-25-29(26-6-2,27-7-3)14-8-13-22-17(23)15-16(18(22)24)20(11-12-21)10-9-19(15,4)28-20/h9-10,15-16H,5-8,11-14,21H2,1-4H3. The number of fused-ring (bicyclic) bond motifs is 5. The summed E-state index contributed by atoms with van der Waals surface area (Å²) in [5, 5.41) is 0. The third kappa shape index (κ3) is 3.73. The summed E-state index contributed by atoms with van der Waals surface area (Å²) in [4.78, 5) is 27.8. The maximum atomic E-state index is 13.2. The molecule has 3 aliphatic rings. The summed E-state index contributed by atoms with van der Waals surface area (Å²) >= 11 is 0. The molecule has 0 saturated carbocycles. The lowest BCUT2D eigenvalue weighted by molar-refractivity contribution is -0.146. The van der Waals surface area contributed by atoms with Gasteiger partial charge in [0.2, 0.25) is 11.8 Å². The van der Waals surface area contributed by atoms with Gasteiger partial charge in [0.1, 0.15) is 5.60 Å². The zero-order valence-corrected chi connectivity index (χ0v) is 18.9. The smallest absolute Gasteiger partial charge is 0.374 e. The van der Waals surface area contributed by atoms with Crippen molar-refractivity contribution < 1.29 is 27.6 Å². The van der Waals surface area contributed by atoms with Gasteiger partial charge in [0, 0.05) is 32.4 Å². The van der Waals surface area contributed by atoms with Crippen molar-refractivity contribution in [2.24, 2.45) is 17.6 Å². The third-order valence-corrected chi connectivity index (χ3v) is 9.29. The highest BCUT2D eigenvalue weighted by atomic mass is 28.4. The average molecular weight is 427 g/mol. The van der Waals surface area contributed by atoms with Crippen LogP contribution in [0.5, 0.6) is 0 Å². The number of nitrogens with two attached hydrogens (primary N) is 1. The largest absolute Gasteiger partial charge is 0.500 e. The second-order valence-electron chi connectivity index (χ2n) is 7.98. The summed E-state index contributed by atoms with van der Waals surface area (Å²) in [7, 11) is -2.80. The van der Waals surface area contributed by atoms with Crippen molar-refractivity contribution in [3.8, 4) is 0 Å². The fraction of sp³-hybridized carbons (Fsp3) is 0.800. The van der Waals surface area contributed by atoms with Crippen LogP contribution in [0.25, 0.3) is 0 Å². The van der Waals surface area contributed by atoms with Crippen LogP contribution in [0.2, 0.25) is 6.04 Å². The van der Waals surface area contributed by atoms with Crippen molar-refractivity contribution in [1.29, 1.82) is 0 Å². The molecule has 9 heteroatoms. The molecular weight excluding hydrogens is 392 g/mol. The van der Waals surface area contributed by atoms with E-state index in [1.165, 1.54) is 4.90 Å². The number of nitrogens with zero attached hydrogens (tertiary/aromatic N) is 1. The minimum atomic E-state index is -2.80. The molecule has 4 unspecified atom stereocenters. The van der Waals surface area contributed by atoms with Crippen molar-refractivity contribution >= 4 is 20.6 Å². The zero-order valence-electron chi connectivity index (χ0n) is 17.9. The maximum absolute atomic E-state index is 13.2. The van der Waals surface area contributed by atoms with Crippen LogP contribution >= 0.6 is 0 Å². The van der Waals surface area contributed by atoms with Crippen molar-refractivity contribution in [3.05, 3.63) is 12.2 Å². The summed E-state index contributed by atoms with van der Waals surface area (Å²) < 4.78 is 23.8. The predicted octanol–water partition coefficient (Wildman–Crippen LogP) is 1.47. The predicted molar refractivity (Wildman–Crippen MR) is 109 cm³/mol. The van der Waals surface area contributed by atoms with Crippen molar-refractivity contribution in [3.63, 3.8) is 0 Å². The van der Waals surface area contributed by atoms with Gasteiger partial charge in [0.05, 0.1) is 17.4 Å². The van der Waals surface area contributed by atoms with Crippen LogP contribution in [0.15, 0.2) is 12.2 Å². The Morgan fingerprint density at radius 2 is 1.66 bits per heavy atom. The second-order valence-corrected chi connectivity index (χ2v) is 10.7. The molecule has 0 aromatic carbocycles. The summed E-state index contributed by atoms with van der Waals surface area (Å²) in [5.41, 5.74) is 4.29. The molecule has 3 aliphatic heterocycles. The highest BCUT2D eigenvalue weighted by molar-refractivity contribution is 6.60. The first-order valence-electron chi connectivity index (χ1n) is 10.7. The van der Waals surface area contributed by atoms with Crippen LogP contribution in [-0.4, -0.2) is 69.6 Å². The van der Waals surface area contributed by atoms with Gasteiger partial charge in [-0.25, -0.2) is 0 Å². The van der Waals surface area contributed by atoms with Gasteiger partial charge in [0.15, 0.2) is 0 Å². The Balaban J connectivity index is 1.70. The van der Waals surface area contributed by atoms with E-state index < -0.39 is 31.8 Å². The third-order valence-electron chi connectivity index (χ3n) is 6.14. The SMILES string of the molecule is CCO[Si](CCCN1C(=O)C2C(C1=O)C1(CCN)C=CC2(C)O1)(OCC)OCC.